The van der Waals surface area contributed by atoms with Crippen LogP contribution in [-0.2, 0) is 0 Å². The first-order chi connectivity index (χ1) is 14.4. The van der Waals surface area contributed by atoms with Gasteiger partial charge in [0, 0.05) is 26.2 Å². The smallest absolute Gasteiger partial charge is 0.296 e. The van der Waals surface area contributed by atoms with Crippen molar-refractivity contribution in [2.45, 2.75) is 0 Å². The van der Waals surface area contributed by atoms with Gasteiger partial charge in [-0.25, -0.2) is 0 Å². The van der Waals surface area contributed by atoms with Gasteiger partial charge in [0.05, 0.1) is 30.8 Å². The maximum atomic E-state index is 12.5. The fourth-order valence-electron chi connectivity index (χ4n) is 3.27. The minimum atomic E-state index is -0.414. The minimum Gasteiger partial charge on any atom is -0.496 e. The molecule has 1 amide bonds. The quantitative estimate of drug-likeness (QED) is 0.439. The Hall–Kier alpha value is -3.40. The van der Waals surface area contributed by atoms with Crippen molar-refractivity contribution in [2.24, 2.45) is 0 Å². The molecule has 2 aromatic carbocycles. The second-order valence-corrected chi connectivity index (χ2v) is 6.93. The van der Waals surface area contributed by atoms with Crippen LogP contribution in [0.3, 0.4) is 0 Å². The highest BCUT2D eigenvalue weighted by molar-refractivity contribution is 7.80. The van der Waals surface area contributed by atoms with Crippen molar-refractivity contribution < 1.29 is 19.2 Å². The van der Waals surface area contributed by atoms with E-state index in [4.69, 9.17) is 21.7 Å². The predicted molar refractivity (Wildman–Crippen MR) is 116 cm³/mol. The van der Waals surface area contributed by atoms with Gasteiger partial charge >= 0.3 is 0 Å². The number of carbonyl (C=O) groups is 1. The van der Waals surface area contributed by atoms with Gasteiger partial charge in [0.1, 0.15) is 17.2 Å². The molecule has 0 bridgehead atoms. The number of ether oxygens (including phenoxy) is 2. The fraction of sp³-hybridized carbons (Fsp3) is 0.300. The Bertz CT molecular complexity index is 960. The topological polar surface area (TPSA) is 97.2 Å². The summed E-state index contributed by atoms with van der Waals surface area (Å²) in [5, 5.41) is 14.5. The van der Waals surface area contributed by atoms with E-state index in [2.05, 4.69) is 5.32 Å². The summed E-state index contributed by atoms with van der Waals surface area (Å²) in [6, 6.07) is 11.7. The van der Waals surface area contributed by atoms with E-state index >= 15 is 0 Å². The molecule has 1 saturated heterocycles. The van der Waals surface area contributed by atoms with Crippen LogP contribution in [0.15, 0.2) is 42.5 Å². The maximum absolute atomic E-state index is 12.5. The van der Waals surface area contributed by atoms with Crippen LogP contribution in [0.5, 0.6) is 11.5 Å². The number of nitro groups is 1. The highest BCUT2D eigenvalue weighted by Crippen LogP contribution is 2.32. The van der Waals surface area contributed by atoms with E-state index in [-0.39, 0.29) is 11.6 Å². The Kier molecular flexibility index (Phi) is 6.68. The molecule has 10 heteroatoms. The largest absolute Gasteiger partial charge is 0.496 e. The number of rotatable bonds is 5. The normalized spacial score (nSPS) is 13.5. The molecule has 0 saturated carbocycles. The van der Waals surface area contributed by atoms with Crippen molar-refractivity contribution in [2.75, 3.05) is 45.3 Å². The summed E-state index contributed by atoms with van der Waals surface area (Å²) in [6.07, 6.45) is 0. The lowest BCUT2D eigenvalue weighted by molar-refractivity contribution is -0.384. The Balaban J connectivity index is 1.64. The zero-order valence-electron chi connectivity index (χ0n) is 16.7. The Labute approximate surface area is 179 Å². The molecule has 0 atom stereocenters. The van der Waals surface area contributed by atoms with Crippen LogP contribution in [-0.4, -0.2) is 61.2 Å². The SMILES string of the molecule is COc1ccc(N2CCN(C(=S)NC(=O)c3ccccc3OC)CC2)c([N+](=O)[O-])c1. The second kappa shape index (κ2) is 9.40. The molecule has 1 N–H and O–H groups in total. The van der Waals surface area contributed by atoms with Crippen molar-refractivity contribution in [3.63, 3.8) is 0 Å². The second-order valence-electron chi connectivity index (χ2n) is 6.55. The molecule has 1 fully saturated rings. The molecule has 0 aromatic heterocycles. The molecule has 1 aliphatic heterocycles. The fourth-order valence-corrected chi connectivity index (χ4v) is 3.55. The van der Waals surface area contributed by atoms with E-state index in [1.165, 1.54) is 20.3 Å². The van der Waals surface area contributed by atoms with Crippen molar-refractivity contribution in [3.05, 3.63) is 58.1 Å². The lowest BCUT2D eigenvalue weighted by atomic mass is 10.2. The van der Waals surface area contributed by atoms with Crippen molar-refractivity contribution in [3.8, 4) is 11.5 Å². The number of methoxy groups -OCH3 is 2. The Morgan fingerprint density at radius 2 is 1.80 bits per heavy atom. The van der Waals surface area contributed by atoms with E-state index in [1.54, 1.807) is 36.4 Å². The lowest BCUT2D eigenvalue weighted by Gasteiger charge is -2.37. The van der Waals surface area contributed by atoms with Crippen LogP contribution in [0.1, 0.15) is 10.4 Å². The summed E-state index contributed by atoms with van der Waals surface area (Å²) in [7, 11) is 2.97. The highest BCUT2D eigenvalue weighted by Gasteiger charge is 2.26. The molecule has 0 radical (unpaired) electrons. The summed E-state index contributed by atoms with van der Waals surface area (Å²) < 4.78 is 10.3. The van der Waals surface area contributed by atoms with Gasteiger partial charge in [-0.3, -0.25) is 20.2 Å². The van der Waals surface area contributed by atoms with Crippen LogP contribution < -0.4 is 19.7 Å². The lowest BCUT2D eigenvalue weighted by Crippen LogP contribution is -2.52. The average Bonchev–Trinajstić information content (AvgIpc) is 2.78. The third kappa shape index (κ3) is 4.60. The molecule has 30 heavy (non-hydrogen) atoms. The first-order valence-corrected chi connectivity index (χ1v) is 9.66. The number of anilines is 1. The Morgan fingerprint density at radius 3 is 2.43 bits per heavy atom. The zero-order valence-corrected chi connectivity index (χ0v) is 17.5. The summed E-state index contributed by atoms with van der Waals surface area (Å²) in [6.45, 7) is 2.10. The molecule has 3 rings (SSSR count). The number of nitro benzene ring substituents is 1. The number of carbonyl (C=O) groups excluding carboxylic acids is 1. The standard InChI is InChI=1S/C20H22N4O5S/c1-28-14-7-8-16(17(13-14)24(26)27)22-9-11-23(12-10-22)20(30)21-19(25)15-5-3-4-6-18(15)29-2/h3-8,13H,9-12H2,1-2H3,(H,21,25,30). The zero-order chi connectivity index (χ0) is 21.7. The third-order valence-corrected chi connectivity index (χ3v) is 5.22. The summed E-state index contributed by atoms with van der Waals surface area (Å²) in [5.74, 6) is 0.560. The van der Waals surface area contributed by atoms with E-state index in [1.807, 2.05) is 9.80 Å². The molecule has 0 aliphatic carbocycles. The summed E-state index contributed by atoms with van der Waals surface area (Å²) in [4.78, 5) is 27.4. The van der Waals surface area contributed by atoms with Gasteiger partial charge in [0.2, 0.25) is 0 Å². The number of thiocarbonyl (C=S) groups is 1. The molecular weight excluding hydrogens is 408 g/mol. The number of nitrogens with one attached hydrogen (secondary N) is 1. The van der Waals surface area contributed by atoms with Crippen LogP contribution in [0, 0.1) is 10.1 Å². The number of para-hydroxylation sites is 1. The van der Waals surface area contributed by atoms with E-state index in [0.29, 0.717) is 54.0 Å². The van der Waals surface area contributed by atoms with Crippen LogP contribution in [0.25, 0.3) is 0 Å². The summed E-state index contributed by atoms with van der Waals surface area (Å²) >= 11 is 5.40. The number of nitrogens with zero attached hydrogens (tertiary/aromatic N) is 3. The molecular formula is C20H22N4O5S. The van der Waals surface area contributed by atoms with Gasteiger partial charge in [-0.2, -0.15) is 0 Å². The molecule has 9 nitrogen and oxygen atoms in total. The van der Waals surface area contributed by atoms with E-state index < -0.39 is 4.92 Å². The number of hydrogen-bond donors (Lipinski definition) is 1. The van der Waals surface area contributed by atoms with E-state index in [9.17, 15) is 14.9 Å². The third-order valence-electron chi connectivity index (χ3n) is 4.86. The molecule has 2 aromatic rings. The monoisotopic (exact) mass is 430 g/mol. The Morgan fingerprint density at radius 1 is 1.10 bits per heavy atom. The highest BCUT2D eigenvalue weighted by atomic mass is 32.1. The van der Waals surface area contributed by atoms with Gasteiger partial charge in [-0.05, 0) is 36.5 Å². The van der Waals surface area contributed by atoms with Crippen molar-refractivity contribution in [1.82, 2.24) is 10.2 Å². The number of piperazine rings is 1. The molecule has 0 spiro atoms. The van der Waals surface area contributed by atoms with Crippen LogP contribution in [0.4, 0.5) is 11.4 Å². The van der Waals surface area contributed by atoms with Crippen molar-refractivity contribution >= 4 is 34.6 Å². The van der Waals surface area contributed by atoms with Crippen LogP contribution >= 0.6 is 12.2 Å². The summed E-state index contributed by atoms with van der Waals surface area (Å²) in [5.41, 5.74) is 0.925. The van der Waals surface area contributed by atoms with Gasteiger partial charge in [-0.1, -0.05) is 12.1 Å². The molecule has 1 heterocycles. The molecule has 1 aliphatic rings. The average molecular weight is 430 g/mol. The first kappa shape index (κ1) is 21.3. The number of amides is 1. The first-order valence-electron chi connectivity index (χ1n) is 9.25. The van der Waals surface area contributed by atoms with E-state index in [0.717, 1.165) is 0 Å². The van der Waals surface area contributed by atoms with Crippen LogP contribution in [0.2, 0.25) is 0 Å². The van der Waals surface area contributed by atoms with Gasteiger partial charge < -0.3 is 19.3 Å². The van der Waals surface area contributed by atoms with Gasteiger partial charge in [0.15, 0.2) is 5.11 Å². The minimum absolute atomic E-state index is 0.00477. The molecule has 0 unspecified atom stereocenters. The van der Waals surface area contributed by atoms with Gasteiger partial charge in [0.25, 0.3) is 11.6 Å². The molecule has 158 valence electrons. The maximum Gasteiger partial charge on any atom is 0.296 e. The number of hydrogen-bond acceptors (Lipinski definition) is 7. The van der Waals surface area contributed by atoms with Gasteiger partial charge in [-0.15, -0.1) is 0 Å². The number of benzene rings is 2. The van der Waals surface area contributed by atoms with Crippen molar-refractivity contribution in [1.29, 1.82) is 0 Å². The predicted octanol–water partition coefficient (Wildman–Crippen LogP) is 2.45.